The summed E-state index contributed by atoms with van der Waals surface area (Å²) >= 11 is 1.59. The van der Waals surface area contributed by atoms with Gasteiger partial charge in [-0.1, -0.05) is 0 Å². The molecule has 0 amide bonds. The highest BCUT2D eigenvalue weighted by molar-refractivity contribution is 7.13. The summed E-state index contributed by atoms with van der Waals surface area (Å²) in [5, 5.41) is 10.7. The minimum atomic E-state index is 0.478. The molecule has 0 spiro atoms. The van der Waals surface area contributed by atoms with Crippen LogP contribution in [-0.2, 0) is 0 Å². The van der Waals surface area contributed by atoms with Crippen molar-refractivity contribution in [3.05, 3.63) is 11.2 Å². The van der Waals surface area contributed by atoms with Gasteiger partial charge in [0.15, 0.2) is 5.82 Å². The number of rotatable bonds is 2. The van der Waals surface area contributed by atoms with E-state index in [9.17, 15) is 0 Å². The van der Waals surface area contributed by atoms with Crippen LogP contribution in [0.3, 0.4) is 0 Å². The largest absolute Gasteiger partial charge is 0.337 e. The van der Waals surface area contributed by atoms with E-state index < -0.39 is 0 Å². The fourth-order valence-corrected chi connectivity index (χ4v) is 2.88. The number of anilines is 1. The van der Waals surface area contributed by atoms with Crippen molar-refractivity contribution in [1.29, 1.82) is 0 Å². The molecule has 1 saturated heterocycles. The van der Waals surface area contributed by atoms with Gasteiger partial charge in [0.05, 0.1) is 16.1 Å². The number of H-pyrrole nitrogens is 1. The molecule has 3 rings (SSSR count). The maximum absolute atomic E-state index is 4.57. The van der Waals surface area contributed by atoms with Crippen LogP contribution in [0.2, 0.25) is 0 Å². The average Bonchev–Trinajstić information content (AvgIpc) is 2.97. The Balaban J connectivity index is 1.83. The van der Waals surface area contributed by atoms with Gasteiger partial charge in [-0.15, -0.1) is 16.4 Å². The van der Waals surface area contributed by atoms with Gasteiger partial charge >= 0.3 is 0 Å². The number of thiazole rings is 1. The summed E-state index contributed by atoms with van der Waals surface area (Å²) in [6.07, 6.45) is 0. The van der Waals surface area contributed by atoms with E-state index in [2.05, 4.69) is 37.3 Å². The number of nitrogens with zero attached hydrogens (tertiary/aromatic N) is 4. The lowest BCUT2D eigenvalue weighted by Gasteiger charge is -2.30. The summed E-state index contributed by atoms with van der Waals surface area (Å²) < 4.78 is 0. The molecular weight excluding hydrogens is 248 g/mol. The summed E-state index contributed by atoms with van der Waals surface area (Å²) in [5.41, 5.74) is 2.83. The standard InChI is InChI=1S/C11H16N6S/c1-7-5-17(4-3-12-7)11-14-10(15-16-11)9-8(2)13-6-18-9/h6-7,12H,3-5H2,1-2H3,(H,14,15,16)/t7-/m1/s1. The van der Waals surface area contributed by atoms with Gasteiger partial charge in [-0.25, -0.2) is 4.98 Å². The van der Waals surface area contributed by atoms with Crippen LogP contribution >= 0.6 is 11.3 Å². The number of hydrogen-bond donors (Lipinski definition) is 2. The number of piperazine rings is 1. The van der Waals surface area contributed by atoms with Gasteiger partial charge in [0.2, 0.25) is 5.95 Å². The minimum absolute atomic E-state index is 0.478. The number of hydrogen-bond acceptors (Lipinski definition) is 6. The molecule has 1 atom stereocenters. The first-order valence-electron chi connectivity index (χ1n) is 6.05. The Morgan fingerprint density at radius 3 is 3.11 bits per heavy atom. The quantitative estimate of drug-likeness (QED) is 0.848. The van der Waals surface area contributed by atoms with Gasteiger partial charge in [-0.2, -0.15) is 4.98 Å². The Hall–Kier alpha value is -1.47. The van der Waals surface area contributed by atoms with Crippen molar-refractivity contribution in [2.45, 2.75) is 19.9 Å². The van der Waals surface area contributed by atoms with E-state index in [-0.39, 0.29) is 0 Å². The number of aryl methyl sites for hydroxylation is 1. The van der Waals surface area contributed by atoms with E-state index in [1.165, 1.54) is 0 Å². The third kappa shape index (κ3) is 2.11. The van der Waals surface area contributed by atoms with Gasteiger partial charge in [-0.3, -0.25) is 5.10 Å². The normalized spacial score (nSPS) is 20.3. The van der Waals surface area contributed by atoms with Crippen LogP contribution in [0.4, 0.5) is 5.95 Å². The molecule has 0 bridgehead atoms. The molecule has 2 aromatic rings. The van der Waals surface area contributed by atoms with E-state index >= 15 is 0 Å². The summed E-state index contributed by atoms with van der Waals surface area (Å²) in [7, 11) is 0. The summed E-state index contributed by atoms with van der Waals surface area (Å²) in [5.74, 6) is 1.60. The fraction of sp³-hybridized carbons (Fsp3) is 0.545. The maximum atomic E-state index is 4.57. The number of aromatic amines is 1. The Labute approximate surface area is 109 Å². The molecule has 0 radical (unpaired) electrons. The average molecular weight is 264 g/mol. The van der Waals surface area contributed by atoms with E-state index in [0.717, 1.165) is 42.0 Å². The number of nitrogens with one attached hydrogen (secondary N) is 2. The fourth-order valence-electron chi connectivity index (χ4n) is 2.14. The van der Waals surface area contributed by atoms with Gasteiger partial charge in [0.25, 0.3) is 0 Å². The van der Waals surface area contributed by atoms with E-state index in [1.54, 1.807) is 11.3 Å². The molecule has 7 heteroatoms. The van der Waals surface area contributed by atoms with Crippen LogP contribution in [0.1, 0.15) is 12.6 Å². The predicted molar refractivity (Wildman–Crippen MR) is 71.9 cm³/mol. The predicted octanol–water partition coefficient (Wildman–Crippen LogP) is 1.03. The lowest BCUT2D eigenvalue weighted by molar-refractivity contribution is 0.480. The first-order valence-corrected chi connectivity index (χ1v) is 6.93. The monoisotopic (exact) mass is 264 g/mol. The first kappa shape index (κ1) is 11.6. The van der Waals surface area contributed by atoms with Crippen LogP contribution < -0.4 is 10.2 Å². The third-order valence-corrected chi connectivity index (χ3v) is 4.02. The zero-order chi connectivity index (χ0) is 12.5. The second-order valence-electron chi connectivity index (χ2n) is 4.55. The first-order chi connectivity index (χ1) is 8.74. The number of aromatic nitrogens is 4. The third-order valence-electron chi connectivity index (χ3n) is 3.09. The van der Waals surface area contributed by atoms with Gasteiger partial charge in [0.1, 0.15) is 0 Å². The minimum Gasteiger partial charge on any atom is -0.337 e. The highest BCUT2D eigenvalue weighted by Crippen LogP contribution is 2.25. The second-order valence-corrected chi connectivity index (χ2v) is 5.41. The molecule has 18 heavy (non-hydrogen) atoms. The van der Waals surface area contributed by atoms with Crippen LogP contribution in [0, 0.1) is 6.92 Å². The van der Waals surface area contributed by atoms with Crippen LogP contribution in [0.25, 0.3) is 10.7 Å². The Morgan fingerprint density at radius 1 is 1.50 bits per heavy atom. The Bertz CT molecular complexity index is 533. The van der Waals surface area contributed by atoms with Gasteiger partial charge in [0, 0.05) is 25.7 Å². The molecule has 1 aliphatic rings. The van der Waals surface area contributed by atoms with Crippen molar-refractivity contribution < 1.29 is 0 Å². The highest BCUT2D eigenvalue weighted by Gasteiger charge is 2.20. The lowest BCUT2D eigenvalue weighted by atomic mass is 10.2. The van der Waals surface area contributed by atoms with E-state index in [0.29, 0.717) is 6.04 Å². The SMILES string of the molecule is Cc1ncsc1-c1nc(N2CCN[C@H](C)C2)n[nH]1. The zero-order valence-electron chi connectivity index (χ0n) is 10.5. The van der Waals surface area contributed by atoms with E-state index in [1.807, 2.05) is 12.4 Å². The highest BCUT2D eigenvalue weighted by atomic mass is 32.1. The maximum Gasteiger partial charge on any atom is 0.245 e. The summed E-state index contributed by atoms with van der Waals surface area (Å²) in [6, 6.07) is 0.478. The lowest BCUT2D eigenvalue weighted by Crippen LogP contribution is -2.49. The molecule has 1 fully saturated rings. The van der Waals surface area contributed by atoms with Crippen LogP contribution in [0.5, 0.6) is 0 Å². The zero-order valence-corrected chi connectivity index (χ0v) is 11.3. The summed E-state index contributed by atoms with van der Waals surface area (Å²) in [6.45, 7) is 7.03. The van der Waals surface area contributed by atoms with Gasteiger partial charge < -0.3 is 10.2 Å². The smallest absolute Gasteiger partial charge is 0.245 e. The second kappa shape index (κ2) is 4.66. The molecule has 0 unspecified atom stereocenters. The molecule has 2 aromatic heterocycles. The molecule has 2 N–H and O–H groups in total. The molecule has 0 aromatic carbocycles. The van der Waals surface area contributed by atoms with Crippen LogP contribution in [-0.4, -0.2) is 45.8 Å². The topological polar surface area (TPSA) is 69.7 Å². The van der Waals surface area contributed by atoms with Crippen LogP contribution in [0.15, 0.2) is 5.51 Å². The molecule has 96 valence electrons. The Kier molecular flexibility index (Phi) is 3.00. The Morgan fingerprint density at radius 2 is 2.39 bits per heavy atom. The molecule has 3 heterocycles. The molecule has 1 aliphatic heterocycles. The summed E-state index contributed by atoms with van der Waals surface area (Å²) in [4.78, 5) is 12.1. The van der Waals surface area contributed by atoms with Crippen molar-refractivity contribution in [2.75, 3.05) is 24.5 Å². The van der Waals surface area contributed by atoms with Crippen molar-refractivity contribution in [2.24, 2.45) is 0 Å². The molecule has 0 aliphatic carbocycles. The molecule has 6 nitrogen and oxygen atoms in total. The van der Waals surface area contributed by atoms with Crippen molar-refractivity contribution >= 4 is 17.3 Å². The molecular formula is C11H16N6S. The molecule has 0 saturated carbocycles. The van der Waals surface area contributed by atoms with Crippen molar-refractivity contribution in [3.8, 4) is 10.7 Å². The van der Waals surface area contributed by atoms with Crippen molar-refractivity contribution in [3.63, 3.8) is 0 Å². The van der Waals surface area contributed by atoms with E-state index in [4.69, 9.17) is 0 Å². The van der Waals surface area contributed by atoms with Crippen molar-refractivity contribution in [1.82, 2.24) is 25.5 Å². The van der Waals surface area contributed by atoms with Gasteiger partial charge in [-0.05, 0) is 13.8 Å².